The van der Waals surface area contributed by atoms with Crippen LogP contribution in [0.2, 0.25) is 0 Å². The highest BCUT2D eigenvalue weighted by molar-refractivity contribution is 5.95. The van der Waals surface area contributed by atoms with Gasteiger partial charge in [0.15, 0.2) is 0 Å². The normalized spacial score (nSPS) is 12.9. The molecule has 0 saturated carbocycles. The number of amides is 4. The number of carbonyl (C=O) groups is 6. The number of ether oxygens (including phenoxy) is 1. The van der Waals surface area contributed by atoms with Crippen molar-refractivity contribution in [3.63, 3.8) is 0 Å². The largest absolute Gasteiger partial charge is 0.481 e. The van der Waals surface area contributed by atoms with Crippen LogP contribution in [0.3, 0.4) is 0 Å². The van der Waals surface area contributed by atoms with Crippen LogP contribution in [0, 0.1) is 11.8 Å². The number of carboxylic acids is 2. The molecule has 44 heavy (non-hydrogen) atoms. The Morgan fingerprint density at radius 1 is 0.750 bits per heavy atom. The fourth-order valence-corrected chi connectivity index (χ4v) is 4.14. The molecule has 2 rings (SSSR count). The summed E-state index contributed by atoms with van der Waals surface area (Å²) in [5, 5.41) is 28.5. The molecular weight excluding hydrogens is 572 g/mol. The zero-order valence-corrected chi connectivity index (χ0v) is 25.2. The van der Waals surface area contributed by atoms with Crippen LogP contribution in [0.1, 0.15) is 51.7 Å². The van der Waals surface area contributed by atoms with Crippen molar-refractivity contribution in [1.29, 1.82) is 0 Å². The van der Waals surface area contributed by atoms with Crippen molar-refractivity contribution in [2.45, 2.75) is 71.7 Å². The molecule has 0 heterocycles. The van der Waals surface area contributed by atoms with Gasteiger partial charge in [-0.3, -0.25) is 24.5 Å². The summed E-state index contributed by atoms with van der Waals surface area (Å²) < 4.78 is 5.19. The molecule has 13 nitrogen and oxygen atoms in total. The highest BCUT2D eigenvalue weighted by Crippen LogP contribution is 2.13. The third-order valence-electron chi connectivity index (χ3n) is 6.38. The van der Waals surface area contributed by atoms with Crippen molar-refractivity contribution in [1.82, 2.24) is 16.0 Å². The van der Waals surface area contributed by atoms with Crippen molar-refractivity contribution < 1.29 is 43.7 Å². The number of hydrogen-bond acceptors (Lipinski definition) is 7. The molecule has 238 valence electrons. The molecule has 0 bridgehead atoms. The van der Waals surface area contributed by atoms with Crippen LogP contribution >= 0.6 is 0 Å². The van der Waals surface area contributed by atoms with Gasteiger partial charge in [-0.05, 0) is 41.5 Å². The maximum Gasteiger partial charge on any atom is 0.411 e. The Morgan fingerprint density at radius 3 is 1.91 bits per heavy atom. The minimum absolute atomic E-state index is 0.0536. The number of rotatable bonds is 16. The first-order valence-electron chi connectivity index (χ1n) is 14.2. The Balaban J connectivity index is 2.00. The van der Waals surface area contributed by atoms with Crippen LogP contribution in [0.25, 0.3) is 0 Å². The molecule has 0 fully saturated rings. The van der Waals surface area contributed by atoms with Gasteiger partial charge in [-0.1, -0.05) is 70.2 Å². The maximum absolute atomic E-state index is 13.1. The van der Waals surface area contributed by atoms with E-state index in [1.54, 1.807) is 38.1 Å². The van der Waals surface area contributed by atoms with Gasteiger partial charge in [-0.25, -0.2) is 9.59 Å². The lowest BCUT2D eigenvalue weighted by Gasteiger charge is -2.25. The lowest BCUT2D eigenvalue weighted by Crippen LogP contribution is -2.57. The van der Waals surface area contributed by atoms with Gasteiger partial charge in [-0.2, -0.15) is 0 Å². The van der Waals surface area contributed by atoms with Crippen LogP contribution in [-0.2, 0) is 41.7 Å². The van der Waals surface area contributed by atoms with Crippen LogP contribution in [0.5, 0.6) is 0 Å². The molecule has 0 aliphatic rings. The van der Waals surface area contributed by atoms with E-state index in [9.17, 15) is 39.0 Å². The van der Waals surface area contributed by atoms with Gasteiger partial charge < -0.3 is 30.9 Å². The van der Waals surface area contributed by atoms with E-state index in [1.165, 1.54) is 0 Å². The number of nitrogens with one attached hydrogen (secondary N) is 4. The molecule has 0 aliphatic carbocycles. The second kappa shape index (κ2) is 17.2. The zero-order chi connectivity index (χ0) is 32.8. The Kier molecular flexibility index (Phi) is 13.8. The average molecular weight is 613 g/mol. The second-order valence-corrected chi connectivity index (χ2v) is 11.0. The monoisotopic (exact) mass is 612 g/mol. The quantitative estimate of drug-likeness (QED) is 0.165. The van der Waals surface area contributed by atoms with Gasteiger partial charge in [0, 0.05) is 5.69 Å². The molecule has 0 aromatic heterocycles. The molecule has 0 aliphatic heterocycles. The van der Waals surface area contributed by atoms with Crippen molar-refractivity contribution >= 4 is 41.4 Å². The third-order valence-corrected chi connectivity index (χ3v) is 6.38. The van der Waals surface area contributed by atoms with Crippen LogP contribution < -0.4 is 21.3 Å². The Hall–Kier alpha value is -4.94. The second-order valence-electron chi connectivity index (χ2n) is 11.0. The van der Waals surface area contributed by atoms with Crippen molar-refractivity contribution in [3.05, 3.63) is 65.7 Å². The first-order chi connectivity index (χ1) is 20.7. The Bertz CT molecular complexity index is 1300. The fourth-order valence-electron chi connectivity index (χ4n) is 4.14. The van der Waals surface area contributed by atoms with Crippen LogP contribution in [0.15, 0.2) is 54.6 Å². The topological polar surface area (TPSA) is 200 Å². The van der Waals surface area contributed by atoms with Crippen molar-refractivity contribution in [2.75, 3.05) is 5.32 Å². The summed E-state index contributed by atoms with van der Waals surface area (Å²) >= 11 is 0. The Labute approximate surface area is 255 Å². The predicted octanol–water partition coefficient (Wildman–Crippen LogP) is 2.69. The highest BCUT2D eigenvalue weighted by Gasteiger charge is 2.32. The van der Waals surface area contributed by atoms with Crippen LogP contribution in [0.4, 0.5) is 10.5 Å². The predicted molar refractivity (Wildman–Crippen MR) is 160 cm³/mol. The van der Waals surface area contributed by atoms with Gasteiger partial charge in [0.2, 0.25) is 17.7 Å². The smallest absolute Gasteiger partial charge is 0.411 e. The first kappa shape index (κ1) is 35.3. The summed E-state index contributed by atoms with van der Waals surface area (Å²) in [7, 11) is 0. The number of carboxylic acid groups (broad SMARTS) is 2. The number of benzene rings is 2. The molecule has 2 aromatic rings. The molecule has 4 amide bonds. The van der Waals surface area contributed by atoms with E-state index in [2.05, 4.69) is 21.3 Å². The summed E-state index contributed by atoms with van der Waals surface area (Å²) in [4.78, 5) is 73.8. The summed E-state index contributed by atoms with van der Waals surface area (Å²) in [6.45, 7) is 6.90. The lowest BCUT2D eigenvalue weighted by atomic mass is 10.0. The molecule has 0 radical (unpaired) electrons. The lowest BCUT2D eigenvalue weighted by molar-refractivity contribution is -0.144. The van der Waals surface area contributed by atoms with Gasteiger partial charge in [0.1, 0.15) is 24.7 Å². The maximum atomic E-state index is 13.1. The summed E-state index contributed by atoms with van der Waals surface area (Å²) in [5.74, 6) is -5.48. The van der Waals surface area contributed by atoms with Crippen LogP contribution in [-0.4, -0.2) is 64.1 Å². The standard InChI is InChI=1S/C31H40N4O9/c1-18(2)14-23(28(39)34-24(16-26(37)38)29(40)35-27(19(3)4)30(41)42)33-25(36)15-20-10-12-22(13-11-20)32-31(43)44-17-21-8-6-5-7-9-21/h5-13,18-19,23-24,27H,14-17H2,1-4H3,(H,32,43)(H,33,36)(H,34,39)(H,35,40)(H,37,38)(H,41,42)/t23-,24-,27-/m0/s1. The van der Waals surface area contributed by atoms with Gasteiger partial charge in [-0.15, -0.1) is 0 Å². The molecule has 6 N–H and O–H groups in total. The summed E-state index contributed by atoms with van der Waals surface area (Å²) in [6.07, 6.45) is -1.34. The third kappa shape index (κ3) is 12.5. The van der Waals surface area contributed by atoms with Gasteiger partial charge in [0.05, 0.1) is 12.8 Å². The number of hydrogen-bond donors (Lipinski definition) is 6. The zero-order valence-electron chi connectivity index (χ0n) is 25.2. The van der Waals surface area contributed by atoms with E-state index < -0.39 is 66.2 Å². The molecule has 0 spiro atoms. The van der Waals surface area contributed by atoms with E-state index in [1.807, 2.05) is 44.2 Å². The van der Waals surface area contributed by atoms with E-state index in [4.69, 9.17) is 4.74 Å². The summed E-state index contributed by atoms with van der Waals surface area (Å²) in [5.41, 5.74) is 1.88. The van der Waals surface area contributed by atoms with Gasteiger partial charge >= 0.3 is 18.0 Å². The number of anilines is 1. The highest BCUT2D eigenvalue weighted by atomic mass is 16.5. The molecular formula is C31H40N4O9. The minimum atomic E-state index is -1.56. The van der Waals surface area contributed by atoms with Crippen molar-refractivity contribution in [2.24, 2.45) is 11.8 Å². The van der Waals surface area contributed by atoms with Crippen molar-refractivity contribution in [3.8, 4) is 0 Å². The van der Waals surface area contributed by atoms with E-state index in [0.29, 0.717) is 11.3 Å². The molecule has 3 atom stereocenters. The van der Waals surface area contributed by atoms with E-state index in [-0.39, 0.29) is 25.4 Å². The SMILES string of the molecule is CC(C)C[C@H](NC(=O)Cc1ccc(NC(=O)OCc2ccccc2)cc1)C(=O)N[C@@H](CC(=O)O)C(=O)N[C@H](C(=O)O)C(C)C. The Morgan fingerprint density at radius 2 is 1.36 bits per heavy atom. The van der Waals surface area contributed by atoms with E-state index >= 15 is 0 Å². The average Bonchev–Trinajstić information content (AvgIpc) is 2.94. The molecule has 0 saturated heterocycles. The molecule has 13 heteroatoms. The molecule has 2 aromatic carbocycles. The minimum Gasteiger partial charge on any atom is -0.481 e. The fraction of sp³-hybridized carbons (Fsp3) is 0.419. The van der Waals surface area contributed by atoms with E-state index in [0.717, 1.165) is 5.56 Å². The summed E-state index contributed by atoms with van der Waals surface area (Å²) in [6, 6.07) is 11.7. The number of carbonyl (C=O) groups excluding carboxylic acids is 4. The van der Waals surface area contributed by atoms with Gasteiger partial charge in [0.25, 0.3) is 0 Å². The first-order valence-corrected chi connectivity index (χ1v) is 14.2. The molecule has 0 unspecified atom stereocenters. The number of aliphatic carboxylic acids is 2.